The van der Waals surface area contributed by atoms with Crippen molar-refractivity contribution in [3.05, 3.63) is 28.8 Å². The smallest absolute Gasteiger partial charge is 0.250 e. The van der Waals surface area contributed by atoms with Gasteiger partial charge in [0.1, 0.15) is 0 Å². The van der Waals surface area contributed by atoms with Crippen molar-refractivity contribution in [2.24, 2.45) is 5.73 Å². The summed E-state index contributed by atoms with van der Waals surface area (Å²) in [5, 5.41) is 0.422. The molecule has 0 bridgehead atoms. The van der Waals surface area contributed by atoms with Crippen molar-refractivity contribution in [2.75, 3.05) is 18.0 Å². The second kappa shape index (κ2) is 4.11. The molecule has 0 aliphatic carbocycles. The number of halogens is 1. The minimum atomic E-state index is -0.471. The average Bonchev–Trinajstić information content (AvgIpc) is 2.71. The van der Waals surface area contributed by atoms with Gasteiger partial charge in [-0.2, -0.15) is 0 Å². The topological polar surface area (TPSA) is 46.3 Å². The molecule has 1 aromatic carbocycles. The number of primary amides is 1. The molecule has 1 heterocycles. The second-order valence-electron chi connectivity index (χ2n) is 3.72. The number of hydrogen-bond acceptors (Lipinski definition) is 2. The summed E-state index contributed by atoms with van der Waals surface area (Å²) in [5.74, 6) is -0.471. The van der Waals surface area contributed by atoms with Crippen LogP contribution in [0.15, 0.2) is 18.2 Å². The van der Waals surface area contributed by atoms with Gasteiger partial charge in [-0.25, -0.2) is 0 Å². The van der Waals surface area contributed by atoms with Gasteiger partial charge in [0.05, 0.1) is 10.6 Å². The van der Waals surface area contributed by atoms with Crippen molar-refractivity contribution in [3.63, 3.8) is 0 Å². The van der Waals surface area contributed by atoms with Crippen molar-refractivity contribution >= 4 is 23.2 Å². The van der Waals surface area contributed by atoms with Gasteiger partial charge in [0.2, 0.25) is 5.91 Å². The van der Waals surface area contributed by atoms with E-state index in [2.05, 4.69) is 4.90 Å². The fraction of sp³-hybridized carbons (Fsp3) is 0.364. The molecule has 2 rings (SSSR count). The molecule has 4 heteroatoms. The van der Waals surface area contributed by atoms with Crippen LogP contribution in [0.3, 0.4) is 0 Å². The molecule has 1 aliphatic rings. The maximum Gasteiger partial charge on any atom is 0.250 e. The average molecular weight is 225 g/mol. The van der Waals surface area contributed by atoms with Crippen LogP contribution < -0.4 is 10.6 Å². The van der Waals surface area contributed by atoms with E-state index in [4.69, 9.17) is 17.3 Å². The van der Waals surface area contributed by atoms with E-state index in [1.54, 1.807) is 12.1 Å². The van der Waals surface area contributed by atoms with Crippen LogP contribution in [-0.2, 0) is 0 Å². The van der Waals surface area contributed by atoms with Crippen molar-refractivity contribution in [1.29, 1.82) is 0 Å². The number of rotatable bonds is 2. The van der Waals surface area contributed by atoms with Crippen LogP contribution in [0.25, 0.3) is 0 Å². The molecule has 1 amide bonds. The van der Waals surface area contributed by atoms with Gasteiger partial charge < -0.3 is 10.6 Å². The lowest BCUT2D eigenvalue weighted by Crippen LogP contribution is -2.19. The van der Waals surface area contributed by atoms with Crippen LogP contribution >= 0.6 is 11.6 Å². The molecule has 1 aliphatic heterocycles. The molecule has 0 aromatic heterocycles. The van der Waals surface area contributed by atoms with Gasteiger partial charge in [0.15, 0.2) is 0 Å². The lowest BCUT2D eigenvalue weighted by Gasteiger charge is -2.18. The van der Waals surface area contributed by atoms with Gasteiger partial charge in [-0.05, 0) is 31.0 Å². The highest BCUT2D eigenvalue weighted by molar-refractivity contribution is 6.33. The standard InChI is InChI=1S/C11H13ClN2O/c12-10-4-3-8(7-9(10)11(13)15)14-5-1-2-6-14/h3-4,7H,1-2,5-6H2,(H2,13,15). The Balaban J connectivity index is 2.33. The molecule has 0 atom stereocenters. The van der Waals surface area contributed by atoms with E-state index in [0.29, 0.717) is 10.6 Å². The van der Waals surface area contributed by atoms with Crippen molar-refractivity contribution < 1.29 is 4.79 Å². The van der Waals surface area contributed by atoms with Gasteiger partial charge >= 0.3 is 0 Å². The number of nitrogens with zero attached hydrogens (tertiary/aromatic N) is 1. The summed E-state index contributed by atoms with van der Waals surface area (Å²) >= 11 is 5.88. The first-order valence-corrected chi connectivity index (χ1v) is 5.40. The molecule has 1 aromatic rings. The predicted molar refractivity (Wildman–Crippen MR) is 61.4 cm³/mol. The van der Waals surface area contributed by atoms with Crippen LogP contribution in [0.1, 0.15) is 23.2 Å². The second-order valence-corrected chi connectivity index (χ2v) is 4.13. The largest absolute Gasteiger partial charge is 0.372 e. The van der Waals surface area contributed by atoms with Gasteiger partial charge in [-0.3, -0.25) is 4.79 Å². The summed E-state index contributed by atoms with van der Waals surface area (Å²) in [5.41, 5.74) is 6.68. The van der Waals surface area contributed by atoms with E-state index < -0.39 is 5.91 Å². The quantitative estimate of drug-likeness (QED) is 0.836. The zero-order valence-corrected chi connectivity index (χ0v) is 9.13. The van der Waals surface area contributed by atoms with Gasteiger partial charge in [0, 0.05) is 18.8 Å². The van der Waals surface area contributed by atoms with Crippen LogP contribution in [0.5, 0.6) is 0 Å². The molecular formula is C11H13ClN2O. The molecule has 1 saturated heterocycles. The summed E-state index contributed by atoms with van der Waals surface area (Å²) in [6, 6.07) is 5.44. The van der Waals surface area contributed by atoms with E-state index in [9.17, 15) is 4.79 Å². The first kappa shape index (κ1) is 10.3. The molecule has 0 unspecified atom stereocenters. The maximum absolute atomic E-state index is 11.1. The highest BCUT2D eigenvalue weighted by atomic mass is 35.5. The van der Waals surface area contributed by atoms with Crippen LogP contribution in [0.2, 0.25) is 5.02 Å². The van der Waals surface area contributed by atoms with Gasteiger partial charge in [-0.1, -0.05) is 11.6 Å². The Hall–Kier alpha value is -1.22. The van der Waals surface area contributed by atoms with E-state index in [1.807, 2.05) is 6.07 Å². The third-order valence-electron chi connectivity index (χ3n) is 2.69. The first-order valence-electron chi connectivity index (χ1n) is 5.03. The number of amides is 1. The number of carbonyl (C=O) groups is 1. The molecule has 1 fully saturated rings. The Morgan fingerprint density at radius 2 is 2.00 bits per heavy atom. The zero-order valence-electron chi connectivity index (χ0n) is 8.37. The highest BCUT2D eigenvalue weighted by Crippen LogP contribution is 2.25. The van der Waals surface area contributed by atoms with Gasteiger partial charge in [0.25, 0.3) is 0 Å². The molecule has 0 spiro atoms. The summed E-state index contributed by atoms with van der Waals surface area (Å²) < 4.78 is 0. The normalized spacial score (nSPS) is 15.7. The number of hydrogen-bond donors (Lipinski definition) is 1. The predicted octanol–water partition coefficient (Wildman–Crippen LogP) is 2.04. The van der Waals surface area contributed by atoms with Crippen LogP contribution in [0.4, 0.5) is 5.69 Å². The Labute approximate surface area is 93.8 Å². The van der Waals surface area contributed by atoms with Crippen LogP contribution in [0, 0.1) is 0 Å². The lowest BCUT2D eigenvalue weighted by molar-refractivity contribution is 0.100. The third-order valence-corrected chi connectivity index (χ3v) is 3.02. The van der Waals surface area contributed by atoms with Crippen LogP contribution in [-0.4, -0.2) is 19.0 Å². The Morgan fingerprint density at radius 1 is 1.33 bits per heavy atom. The molecule has 80 valence electrons. The van der Waals surface area contributed by atoms with Crippen molar-refractivity contribution in [2.45, 2.75) is 12.8 Å². The molecule has 0 saturated carbocycles. The molecule has 3 nitrogen and oxygen atoms in total. The summed E-state index contributed by atoms with van der Waals surface area (Å²) in [6.07, 6.45) is 2.41. The third kappa shape index (κ3) is 2.07. The van der Waals surface area contributed by atoms with E-state index >= 15 is 0 Å². The number of carbonyl (C=O) groups excluding carboxylic acids is 1. The highest BCUT2D eigenvalue weighted by Gasteiger charge is 2.15. The Kier molecular flexibility index (Phi) is 2.82. The number of nitrogens with two attached hydrogens (primary N) is 1. The fourth-order valence-electron chi connectivity index (χ4n) is 1.87. The van der Waals surface area contributed by atoms with Gasteiger partial charge in [-0.15, -0.1) is 0 Å². The number of benzene rings is 1. The fourth-order valence-corrected chi connectivity index (χ4v) is 2.08. The number of anilines is 1. The van der Waals surface area contributed by atoms with E-state index in [1.165, 1.54) is 12.8 Å². The minimum Gasteiger partial charge on any atom is -0.372 e. The monoisotopic (exact) mass is 224 g/mol. The molecule has 0 radical (unpaired) electrons. The summed E-state index contributed by atoms with van der Waals surface area (Å²) in [7, 11) is 0. The maximum atomic E-state index is 11.1. The van der Waals surface area contributed by atoms with Crippen molar-refractivity contribution in [3.8, 4) is 0 Å². The molecule has 15 heavy (non-hydrogen) atoms. The minimum absolute atomic E-state index is 0.404. The molecule has 2 N–H and O–H groups in total. The summed E-state index contributed by atoms with van der Waals surface area (Å²) in [4.78, 5) is 13.3. The zero-order chi connectivity index (χ0) is 10.8. The van der Waals surface area contributed by atoms with Crippen molar-refractivity contribution in [1.82, 2.24) is 0 Å². The SMILES string of the molecule is NC(=O)c1cc(N2CCCC2)ccc1Cl. The van der Waals surface area contributed by atoms with E-state index in [-0.39, 0.29) is 0 Å². The summed E-state index contributed by atoms with van der Waals surface area (Å²) in [6.45, 7) is 2.08. The first-order chi connectivity index (χ1) is 7.18. The lowest BCUT2D eigenvalue weighted by atomic mass is 10.2. The Bertz CT molecular complexity index is 386. The molecular weight excluding hydrogens is 212 g/mol. The van der Waals surface area contributed by atoms with E-state index in [0.717, 1.165) is 18.8 Å². The Morgan fingerprint density at radius 3 is 2.60 bits per heavy atom.